The van der Waals surface area contributed by atoms with Gasteiger partial charge in [-0.3, -0.25) is 9.59 Å². The van der Waals surface area contributed by atoms with Crippen molar-refractivity contribution in [2.75, 3.05) is 13.1 Å². The van der Waals surface area contributed by atoms with E-state index in [1.165, 1.54) is 0 Å². The van der Waals surface area contributed by atoms with Gasteiger partial charge in [-0.1, -0.05) is 19.1 Å². The SMILES string of the molecule is Cc1cccc(C(=O)N[C@H]2CCN(C(=O)C(C)(O)C(F)(F)F)C[C@H]2C)c1C. The Hall–Kier alpha value is -2.09. The van der Waals surface area contributed by atoms with E-state index < -0.39 is 17.7 Å². The molecular formula is C19H25F3N2O3. The molecule has 1 saturated heterocycles. The van der Waals surface area contributed by atoms with E-state index in [0.717, 1.165) is 16.0 Å². The maximum Gasteiger partial charge on any atom is 0.426 e. The highest BCUT2D eigenvalue weighted by Crippen LogP contribution is 2.33. The summed E-state index contributed by atoms with van der Waals surface area (Å²) in [5, 5.41) is 12.5. The monoisotopic (exact) mass is 386 g/mol. The van der Waals surface area contributed by atoms with E-state index in [1.807, 2.05) is 19.9 Å². The molecule has 0 radical (unpaired) electrons. The van der Waals surface area contributed by atoms with Crippen molar-refractivity contribution in [2.45, 2.75) is 51.9 Å². The van der Waals surface area contributed by atoms with Crippen molar-refractivity contribution >= 4 is 11.8 Å². The number of carbonyl (C=O) groups is 2. The zero-order valence-corrected chi connectivity index (χ0v) is 15.9. The Labute approximate surface area is 156 Å². The fourth-order valence-electron chi connectivity index (χ4n) is 3.22. The Morgan fingerprint density at radius 3 is 2.44 bits per heavy atom. The van der Waals surface area contributed by atoms with Gasteiger partial charge < -0.3 is 15.3 Å². The molecule has 0 bridgehead atoms. The molecule has 5 nitrogen and oxygen atoms in total. The number of aliphatic hydroxyl groups is 1. The molecule has 0 saturated carbocycles. The number of rotatable bonds is 3. The molecule has 2 rings (SSSR count). The van der Waals surface area contributed by atoms with Crippen molar-refractivity contribution in [3.63, 3.8) is 0 Å². The first-order chi connectivity index (χ1) is 12.4. The molecule has 2 N–H and O–H groups in total. The lowest BCUT2D eigenvalue weighted by Gasteiger charge is -2.40. The van der Waals surface area contributed by atoms with Gasteiger partial charge in [-0.15, -0.1) is 0 Å². The summed E-state index contributed by atoms with van der Waals surface area (Å²) >= 11 is 0. The number of hydrogen-bond acceptors (Lipinski definition) is 3. The topological polar surface area (TPSA) is 69.6 Å². The maximum atomic E-state index is 12.9. The maximum absolute atomic E-state index is 12.9. The molecule has 8 heteroatoms. The van der Waals surface area contributed by atoms with Crippen LogP contribution in [0.15, 0.2) is 18.2 Å². The van der Waals surface area contributed by atoms with E-state index in [2.05, 4.69) is 5.32 Å². The second kappa shape index (κ2) is 7.50. The quantitative estimate of drug-likeness (QED) is 0.839. The normalized spacial score (nSPS) is 22.9. The van der Waals surface area contributed by atoms with Gasteiger partial charge >= 0.3 is 6.18 Å². The summed E-state index contributed by atoms with van der Waals surface area (Å²) in [6.45, 7) is 6.06. The Balaban J connectivity index is 2.04. The molecule has 0 aromatic heterocycles. The van der Waals surface area contributed by atoms with Crippen LogP contribution in [0.25, 0.3) is 0 Å². The van der Waals surface area contributed by atoms with E-state index in [4.69, 9.17) is 0 Å². The Bertz CT molecular complexity index is 731. The van der Waals surface area contributed by atoms with Gasteiger partial charge in [-0.05, 0) is 50.3 Å². The van der Waals surface area contributed by atoms with Crippen LogP contribution < -0.4 is 5.32 Å². The predicted octanol–water partition coefficient (Wildman–Crippen LogP) is 2.58. The van der Waals surface area contributed by atoms with Crippen LogP contribution >= 0.6 is 0 Å². The van der Waals surface area contributed by atoms with Gasteiger partial charge in [0.1, 0.15) is 0 Å². The number of halogens is 3. The molecule has 1 fully saturated rings. The van der Waals surface area contributed by atoms with Gasteiger partial charge in [0, 0.05) is 24.7 Å². The van der Waals surface area contributed by atoms with Crippen molar-refractivity contribution in [2.24, 2.45) is 5.92 Å². The lowest BCUT2D eigenvalue weighted by Crippen LogP contribution is -2.60. The van der Waals surface area contributed by atoms with Crippen LogP contribution in [0.4, 0.5) is 13.2 Å². The lowest BCUT2D eigenvalue weighted by molar-refractivity contribution is -0.250. The zero-order valence-electron chi connectivity index (χ0n) is 15.9. The number of nitrogens with one attached hydrogen (secondary N) is 1. The standard InChI is InChI=1S/C19H25F3N2O3/c1-11-6-5-7-14(13(11)3)16(25)23-15-8-9-24(10-12(15)2)17(26)18(4,27)19(20,21)22/h5-7,12,15,27H,8-10H2,1-4H3,(H,23,25)/t12-,15+,18?/m1/s1. The number of alkyl halides is 3. The molecule has 0 aliphatic carbocycles. The summed E-state index contributed by atoms with van der Waals surface area (Å²) in [4.78, 5) is 25.7. The average molecular weight is 386 g/mol. The number of nitrogens with zero attached hydrogens (tertiary/aromatic N) is 1. The number of aryl methyl sites for hydroxylation is 1. The fraction of sp³-hybridized carbons (Fsp3) is 0.579. The lowest BCUT2D eigenvalue weighted by atomic mass is 9.91. The van der Waals surface area contributed by atoms with Gasteiger partial charge in [-0.2, -0.15) is 13.2 Å². The first kappa shape index (κ1) is 21.2. The second-order valence-electron chi connectivity index (χ2n) is 7.41. The van der Waals surface area contributed by atoms with Crippen LogP contribution in [-0.2, 0) is 4.79 Å². The highest BCUT2D eigenvalue weighted by atomic mass is 19.4. The highest BCUT2D eigenvalue weighted by molar-refractivity contribution is 5.96. The van der Waals surface area contributed by atoms with Crippen LogP contribution in [0, 0.1) is 19.8 Å². The van der Waals surface area contributed by atoms with E-state index in [9.17, 15) is 27.9 Å². The first-order valence-electron chi connectivity index (χ1n) is 8.81. The van der Waals surface area contributed by atoms with Crippen molar-refractivity contribution in [1.29, 1.82) is 0 Å². The third kappa shape index (κ3) is 4.26. The van der Waals surface area contributed by atoms with Crippen LogP contribution in [-0.4, -0.2) is 52.7 Å². The number of likely N-dealkylation sites (tertiary alicyclic amines) is 1. The van der Waals surface area contributed by atoms with Crippen LogP contribution in [0.1, 0.15) is 41.8 Å². The summed E-state index contributed by atoms with van der Waals surface area (Å²) in [7, 11) is 0. The summed E-state index contributed by atoms with van der Waals surface area (Å²) < 4.78 is 38.7. The van der Waals surface area contributed by atoms with Gasteiger partial charge in [0.15, 0.2) is 0 Å². The third-order valence-electron chi connectivity index (χ3n) is 5.33. The fourth-order valence-corrected chi connectivity index (χ4v) is 3.22. The molecule has 3 atom stereocenters. The summed E-state index contributed by atoms with van der Waals surface area (Å²) in [6, 6.07) is 5.16. The minimum Gasteiger partial charge on any atom is -0.373 e. The highest BCUT2D eigenvalue weighted by Gasteiger charge is 2.57. The van der Waals surface area contributed by atoms with Gasteiger partial charge in [0.05, 0.1) is 0 Å². The van der Waals surface area contributed by atoms with Gasteiger partial charge in [0.2, 0.25) is 5.60 Å². The van der Waals surface area contributed by atoms with Gasteiger partial charge in [-0.25, -0.2) is 0 Å². The minimum atomic E-state index is -5.04. The molecule has 1 aromatic rings. The average Bonchev–Trinajstić information content (AvgIpc) is 2.57. The van der Waals surface area contributed by atoms with E-state index in [-0.39, 0.29) is 31.0 Å². The van der Waals surface area contributed by atoms with Crippen molar-refractivity contribution in [3.05, 3.63) is 34.9 Å². The summed E-state index contributed by atoms with van der Waals surface area (Å²) in [5.74, 6) is -1.85. The third-order valence-corrected chi connectivity index (χ3v) is 5.33. The Kier molecular flexibility index (Phi) is 5.89. The van der Waals surface area contributed by atoms with Crippen LogP contribution in [0.3, 0.4) is 0 Å². The van der Waals surface area contributed by atoms with E-state index in [0.29, 0.717) is 18.9 Å². The van der Waals surface area contributed by atoms with Crippen molar-refractivity contribution < 1.29 is 27.9 Å². The zero-order chi connectivity index (χ0) is 20.6. The Morgan fingerprint density at radius 1 is 1.26 bits per heavy atom. The van der Waals surface area contributed by atoms with Crippen molar-refractivity contribution in [1.82, 2.24) is 10.2 Å². The molecule has 1 aliphatic heterocycles. The summed E-state index contributed by atoms with van der Waals surface area (Å²) in [6.07, 6.45) is -4.72. The largest absolute Gasteiger partial charge is 0.426 e. The summed E-state index contributed by atoms with van der Waals surface area (Å²) in [5.41, 5.74) is -0.996. The molecule has 1 heterocycles. The molecule has 0 spiro atoms. The molecule has 150 valence electrons. The number of carbonyl (C=O) groups excluding carboxylic acids is 2. The molecule has 1 unspecified atom stereocenters. The molecule has 2 amide bonds. The minimum absolute atomic E-state index is 0.0306. The second-order valence-corrected chi connectivity index (χ2v) is 7.41. The van der Waals surface area contributed by atoms with Crippen LogP contribution in [0.5, 0.6) is 0 Å². The molecule has 1 aromatic carbocycles. The molecular weight excluding hydrogens is 361 g/mol. The predicted molar refractivity (Wildman–Crippen MR) is 94.2 cm³/mol. The number of piperidine rings is 1. The molecule has 27 heavy (non-hydrogen) atoms. The smallest absolute Gasteiger partial charge is 0.373 e. The van der Waals surface area contributed by atoms with E-state index in [1.54, 1.807) is 19.1 Å². The first-order valence-corrected chi connectivity index (χ1v) is 8.81. The van der Waals surface area contributed by atoms with Gasteiger partial charge in [0.25, 0.3) is 11.8 Å². The number of hydrogen-bond donors (Lipinski definition) is 2. The van der Waals surface area contributed by atoms with E-state index >= 15 is 0 Å². The Morgan fingerprint density at radius 2 is 1.89 bits per heavy atom. The van der Waals surface area contributed by atoms with Crippen molar-refractivity contribution in [3.8, 4) is 0 Å². The van der Waals surface area contributed by atoms with Crippen LogP contribution in [0.2, 0.25) is 0 Å². The number of benzene rings is 1. The molecule has 1 aliphatic rings. The number of amides is 2.